The third-order valence-corrected chi connectivity index (χ3v) is 3.72. The Morgan fingerprint density at radius 2 is 2.28 bits per heavy atom. The molecule has 0 fully saturated rings. The molecule has 0 saturated carbocycles. The van der Waals surface area contributed by atoms with Crippen LogP contribution in [0.4, 0.5) is 0 Å². The third-order valence-electron chi connectivity index (χ3n) is 3.72. The van der Waals surface area contributed by atoms with Crippen LogP contribution < -0.4 is 0 Å². The minimum Gasteiger partial charge on any atom is -0.501 e. The van der Waals surface area contributed by atoms with Crippen LogP contribution in [0.5, 0.6) is 0 Å². The van der Waals surface area contributed by atoms with Gasteiger partial charge in [-0.2, -0.15) is 5.10 Å². The molecule has 1 atom stereocenters. The lowest BCUT2D eigenvalue weighted by atomic mass is 9.97. The van der Waals surface area contributed by atoms with Gasteiger partial charge in [-0.3, -0.25) is 4.68 Å². The van der Waals surface area contributed by atoms with Gasteiger partial charge in [0, 0.05) is 12.7 Å². The van der Waals surface area contributed by atoms with Crippen molar-refractivity contribution in [2.45, 2.75) is 45.6 Å². The number of hydrogen-bond acceptors (Lipinski definition) is 3. The van der Waals surface area contributed by atoms with Crippen molar-refractivity contribution in [3.8, 4) is 0 Å². The molecule has 2 heterocycles. The highest BCUT2D eigenvalue weighted by atomic mass is 16.5. The minimum absolute atomic E-state index is 0.385. The molecule has 18 heavy (non-hydrogen) atoms. The first-order valence-corrected chi connectivity index (χ1v) is 6.57. The van der Waals surface area contributed by atoms with Crippen molar-refractivity contribution < 1.29 is 9.84 Å². The quantitative estimate of drug-likeness (QED) is 0.889. The number of hydrogen-bond donors (Lipinski definition) is 1. The molecule has 1 aromatic rings. The van der Waals surface area contributed by atoms with Crippen LogP contribution in [0.25, 0.3) is 0 Å². The molecule has 1 N–H and O–H groups in total. The summed E-state index contributed by atoms with van der Waals surface area (Å²) in [6.45, 7) is 4.87. The lowest BCUT2D eigenvalue weighted by molar-refractivity contribution is 0.162. The van der Waals surface area contributed by atoms with Crippen molar-refractivity contribution in [2.24, 2.45) is 7.05 Å². The number of rotatable bonds is 4. The van der Waals surface area contributed by atoms with Gasteiger partial charge in [0.05, 0.1) is 24.7 Å². The minimum atomic E-state index is -0.385. The second-order valence-corrected chi connectivity index (χ2v) is 4.99. The molecular weight excluding hydrogens is 228 g/mol. The van der Waals surface area contributed by atoms with Crippen LogP contribution in [0.15, 0.2) is 11.8 Å². The second kappa shape index (κ2) is 5.57. The van der Waals surface area contributed by atoms with E-state index in [1.807, 2.05) is 18.7 Å². The van der Waals surface area contributed by atoms with Crippen molar-refractivity contribution in [2.75, 3.05) is 6.61 Å². The number of aryl methyl sites for hydroxylation is 2. The molecule has 100 valence electrons. The van der Waals surface area contributed by atoms with Crippen LogP contribution >= 0.6 is 0 Å². The zero-order valence-electron chi connectivity index (χ0n) is 11.4. The van der Waals surface area contributed by atoms with Gasteiger partial charge in [-0.15, -0.1) is 0 Å². The summed E-state index contributed by atoms with van der Waals surface area (Å²) in [7, 11) is 1.96. The topological polar surface area (TPSA) is 47.3 Å². The lowest BCUT2D eigenvalue weighted by Crippen LogP contribution is -2.15. The van der Waals surface area contributed by atoms with Gasteiger partial charge in [-0.25, -0.2) is 0 Å². The van der Waals surface area contributed by atoms with E-state index in [4.69, 9.17) is 4.74 Å². The van der Waals surface area contributed by atoms with Crippen LogP contribution in [0.3, 0.4) is 0 Å². The molecule has 4 nitrogen and oxygen atoms in total. The maximum absolute atomic E-state index is 10.1. The van der Waals surface area contributed by atoms with Crippen molar-refractivity contribution in [3.05, 3.63) is 28.8 Å². The molecule has 1 aromatic heterocycles. The average molecular weight is 250 g/mol. The van der Waals surface area contributed by atoms with E-state index < -0.39 is 0 Å². The van der Waals surface area contributed by atoms with Gasteiger partial charge in [0.2, 0.25) is 0 Å². The van der Waals surface area contributed by atoms with E-state index in [2.05, 4.69) is 12.0 Å². The zero-order valence-corrected chi connectivity index (χ0v) is 11.4. The van der Waals surface area contributed by atoms with E-state index in [1.165, 1.54) is 11.3 Å². The summed E-state index contributed by atoms with van der Waals surface area (Å²) >= 11 is 0. The monoisotopic (exact) mass is 250 g/mol. The van der Waals surface area contributed by atoms with Gasteiger partial charge in [0.1, 0.15) is 0 Å². The predicted molar refractivity (Wildman–Crippen MR) is 70.3 cm³/mol. The molecule has 0 aliphatic carbocycles. The Morgan fingerprint density at radius 3 is 2.83 bits per heavy atom. The Bertz CT molecular complexity index is 449. The fraction of sp³-hybridized carbons (Fsp3) is 0.643. The Balaban J connectivity index is 1.96. The van der Waals surface area contributed by atoms with Crippen LogP contribution in [0.2, 0.25) is 0 Å². The Kier molecular flexibility index (Phi) is 4.07. The fourth-order valence-corrected chi connectivity index (χ4v) is 2.48. The number of nitrogens with zero attached hydrogens (tertiary/aromatic N) is 2. The molecule has 1 unspecified atom stereocenters. The van der Waals surface area contributed by atoms with E-state index >= 15 is 0 Å². The van der Waals surface area contributed by atoms with E-state index in [1.54, 1.807) is 6.26 Å². The van der Waals surface area contributed by atoms with E-state index in [0.29, 0.717) is 0 Å². The maximum atomic E-state index is 10.1. The van der Waals surface area contributed by atoms with Crippen molar-refractivity contribution in [3.63, 3.8) is 0 Å². The summed E-state index contributed by atoms with van der Waals surface area (Å²) in [4.78, 5) is 0. The first kappa shape index (κ1) is 13.1. The summed E-state index contributed by atoms with van der Waals surface area (Å²) in [6.07, 6.45) is 4.91. The average Bonchev–Trinajstić information content (AvgIpc) is 2.62. The van der Waals surface area contributed by atoms with Gasteiger partial charge in [0.25, 0.3) is 0 Å². The highest BCUT2D eigenvalue weighted by Crippen LogP contribution is 2.21. The van der Waals surface area contributed by atoms with Gasteiger partial charge in [-0.1, -0.05) is 0 Å². The first-order valence-electron chi connectivity index (χ1n) is 6.57. The van der Waals surface area contributed by atoms with Crippen LogP contribution in [0, 0.1) is 13.8 Å². The SMILES string of the molecule is Cc1nn(C)c(C)c1CCC(O)C1=COCCC1. The lowest BCUT2D eigenvalue weighted by Gasteiger charge is -2.18. The van der Waals surface area contributed by atoms with Gasteiger partial charge < -0.3 is 9.84 Å². The molecule has 2 rings (SSSR count). The van der Waals surface area contributed by atoms with Crippen molar-refractivity contribution >= 4 is 0 Å². The van der Waals surface area contributed by atoms with Crippen LogP contribution in [-0.2, 0) is 18.2 Å². The number of aliphatic hydroxyl groups is 1. The molecular formula is C14H22N2O2. The highest BCUT2D eigenvalue weighted by Gasteiger charge is 2.16. The molecule has 0 radical (unpaired) electrons. The van der Waals surface area contributed by atoms with Gasteiger partial charge in [0.15, 0.2) is 0 Å². The summed E-state index contributed by atoms with van der Waals surface area (Å²) in [6, 6.07) is 0. The summed E-state index contributed by atoms with van der Waals surface area (Å²) in [5, 5.41) is 14.5. The van der Waals surface area contributed by atoms with Crippen LogP contribution in [0.1, 0.15) is 36.2 Å². The second-order valence-electron chi connectivity index (χ2n) is 4.99. The summed E-state index contributed by atoms with van der Waals surface area (Å²) in [5.41, 5.74) is 4.54. The Morgan fingerprint density at radius 1 is 1.50 bits per heavy atom. The molecule has 0 saturated heterocycles. The standard InChI is InChI=1S/C14H22N2O2/c1-10-13(11(2)16(3)15-10)6-7-14(17)12-5-4-8-18-9-12/h9,14,17H,4-8H2,1-3H3. The van der Waals surface area contributed by atoms with Crippen molar-refractivity contribution in [1.29, 1.82) is 0 Å². The summed E-state index contributed by atoms with van der Waals surface area (Å²) < 4.78 is 7.17. The highest BCUT2D eigenvalue weighted by molar-refractivity contribution is 5.25. The Hall–Kier alpha value is -1.29. The fourth-order valence-electron chi connectivity index (χ4n) is 2.48. The molecule has 4 heteroatoms. The van der Waals surface area contributed by atoms with Gasteiger partial charge in [-0.05, 0) is 50.7 Å². The Labute approximate surface area is 108 Å². The van der Waals surface area contributed by atoms with E-state index in [0.717, 1.165) is 43.6 Å². The van der Waals surface area contributed by atoms with E-state index in [9.17, 15) is 5.11 Å². The van der Waals surface area contributed by atoms with Gasteiger partial charge >= 0.3 is 0 Å². The molecule has 0 amide bonds. The number of aromatic nitrogens is 2. The molecule has 1 aliphatic rings. The molecule has 1 aliphatic heterocycles. The normalized spacial score (nSPS) is 17.2. The first-order chi connectivity index (χ1) is 8.59. The largest absolute Gasteiger partial charge is 0.501 e. The van der Waals surface area contributed by atoms with E-state index in [-0.39, 0.29) is 6.10 Å². The zero-order chi connectivity index (χ0) is 13.1. The van der Waals surface area contributed by atoms with Crippen LogP contribution in [-0.4, -0.2) is 27.6 Å². The number of ether oxygens (including phenoxy) is 1. The predicted octanol–water partition coefficient (Wildman–Crippen LogP) is 2.02. The molecule has 0 aromatic carbocycles. The third kappa shape index (κ3) is 2.75. The smallest absolute Gasteiger partial charge is 0.0876 e. The summed E-state index contributed by atoms with van der Waals surface area (Å²) in [5.74, 6) is 0. The molecule has 0 spiro atoms. The van der Waals surface area contributed by atoms with Crippen molar-refractivity contribution in [1.82, 2.24) is 9.78 Å². The molecule has 0 bridgehead atoms. The number of aliphatic hydroxyl groups excluding tert-OH is 1. The maximum Gasteiger partial charge on any atom is 0.0876 e.